The van der Waals surface area contributed by atoms with Gasteiger partial charge in [-0.05, 0) is 20.8 Å². The minimum absolute atomic E-state index is 0.227. The van der Waals surface area contributed by atoms with Gasteiger partial charge in [0.1, 0.15) is 18.1 Å². The molecule has 0 saturated carbocycles. The number of hydrogen-bond donors (Lipinski definition) is 1. The van der Waals surface area contributed by atoms with Gasteiger partial charge in [-0.3, -0.25) is 9.59 Å². The summed E-state index contributed by atoms with van der Waals surface area (Å²) in [6.45, 7) is 5.41. The number of carboxylic acids is 1. The van der Waals surface area contributed by atoms with Crippen LogP contribution in [0.15, 0.2) is 4.42 Å². The molecule has 0 unspecified atom stereocenters. The summed E-state index contributed by atoms with van der Waals surface area (Å²) in [6, 6.07) is 0. The van der Waals surface area contributed by atoms with Crippen molar-refractivity contribution in [3.63, 3.8) is 0 Å². The third-order valence-corrected chi connectivity index (χ3v) is 2.95. The molecule has 0 aromatic carbocycles. The zero-order chi connectivity index (χ0) is 14.6. The minimum Gasteiger partial charge on any atom is -0.480 e. The number of methoxy groups -OCH3 is 1. The Bertz CT molecular complexity index is 478. The van der Waals surface area contributed by atoms with Gasteiger partial charge in [0.05, 0.1) is 12.2 Å². The molecule has 1 aromatic heterocycles. The molecule has 0 saturated heterocycles. The van der Waals surface area contributed by atoms with E-state index in [1.54, 1.807) is 20.8 Å². The average Bonchev–Trinajstić information content (AvgIpc) is 2.57. The molecule has 6 nitrogen and oxygen atoms in total. The van der Waals surface area contributed by atoms with Gasteiger partial charge < -0.3 is 19.2 Å². The quantitative estimate of drug-likeness (QED) is 0.843. The second-order valence-corrected chi connectivity index (χ2v) is 4.33. The second-order valence-electron chi connectivity index (χ2n) is 4.33. The molecule has 1 rings (SSSR count). The first-order chi connectivity index (χ1) is 8.88. The van der Waals surface area contributed by atoms with Crippen LogP contribution in [-0.2, 0) is 9.53 Å². The Balaban J connectivity index is 3.00. The number of ether oxygens (including phenoxy) is 1. The van der Waals surface area contributed by atoms with E-state index in [1.165, 1.54) is 12.0 Å². The fourth-order valence-corrected chi connectivity index (χ4v) is 1.88. The van der Waals surface area contributed by atoms with Gasteiger partial charge in [0.15, 0.2) is 0 Å². The number of nitrogens with zero attached hydrogens (tertiary/aromatic N) is 1. The molecule has 1 heterocycles. The van der Waals surface area contributed by atoms with Crippen LogP contribution < -0.4 is 0 Å². The van der Waals surface area contributed by atoms with E-state index in [0.717, 1.165) is 5.56 Å². The lowest BCUT2D eigenvalue weighted by molar-refractivity contribution is -0.137. The van der Waals surface area contributed by atoms with E-state index in [-0.39, 0.29) is 25.6 Å². The maximum Gasteiger partial charge on any atom is 0.323 e. The largest absolute Gasteiger partial charge is 0.480 e. The Hall–Kier alpha value is -1.82. The first-order valence-corrected chi connectivity index (χ1v) is 5.95. The van der Waals surface area contributed by atoms with Gasteiger partial charge in [-0.15, -0.1) is 0 Å². The molecule has 0 spiro atoms. The van der Waals surface area contributed by atoms with E-state index in [4.69, 9.17) is 14.3 Å². The summed E-state index contributed by atoms with van der Waals surface area (Å²) >= 11 is 0. The highest BCUT2D eigenvalue weighted by Crippen LogP contribution is 2.22. The van der Waals surface area contributed by atoms with E-state index in [0.29, 0.717) is 17.1 Å². The molecule has 0 aliphatic heterocycles. The van der Waals surface area contributed by atoms with Crippen LogP contribution in [-0.4, -0.2) is 48.7 Å². The van der Waals surface area contributed by atoms with E-state index in [2.05, 4.69) is 0 Å². The van der Waals surface area contributed by atoms with Crippen molar-refractivity contribution in [3.8, 4) is 0 Å². The number of aryl methyl sites for hydroxylation is 2. The summed E-state index contributed by atoms with van der Waals surface area (Å²) in [5.41, 5.74) is 1.19. The van der Waals surface area contributed by atoms with E-state index in [9.17, 15) is 9.59 Å². The number of hydrogen-bond acceptors (Lipinski definition) is 4. The Morgan fingerprint density at radius 3 is 2.32 bits per heavy atom. The van der Waals surface area contributed by atoms with Crippen molar-refractivity contribution >= 4 is 11.9 Å². The summed E-state index contributed by atoms with van der Waals surface area (Å²) in [5, 5.41) is 8.86. The standard InChI is InChI=1S/C13H19NO5/c1-8-9(2)19-10(3)12(8)13(17)14(5-6-18-4)7-11(15)16/h5-7H2,1-4H3,(H,15,16). The van der Waals surface area contributed by atoms with Gasteiger partial charge in [0.25, 0.3) is 5.91 Å². The van der Waals surface area contributed by atoms with Crippen molar-refractivity contribution < 1.29 is 23.8 Å². The van der Waals surface area contributed by atoms with Crippen LogP contribution in [0.4, 0.5) is 0 Å². The van der Waals surface area contributed by atoms with Crippen LogP contribution in [0, 0.1) is 20.8 Å². The Morgan fingerprint density at radius 1 is 1.26 bits per heavy atom. The highest BCUT2D eigenvalue weighted by atomic mass is 16.5. The fraction of sp³-hybridized carbons (Fsp3) is 0.538. The van der Waals surface area contributed by atoms with Gasteiger partial charge in [-0.2, -0.15) is 0 Å². The smallest absolute Gasteiger partial charge is 0.323 e. The average molecular weight is 269 g/mol. The number of carbonyl (C=O) groups excluding carboxylic acids is 1. The molecule has 6 heteroatoms. The predicted octanol–water partition coefficient (Wildman–Crippen LogP) is 1.38. The summed E-state index contributed by atoms with van der Waals surface area (Å²) in [5.74, 6) is -0.220. The minimum atomic E-state index is -1.06. The Kier molecular flexibility index (Phi) is 5.11. The molecule has 0 bridgehead atoms. The molecule has 106 valence electrons. The lowest BCUT2D eigenvalue weighted by Crippen LogP contribution is -2.38. The Morgan fingerprint density at radius 2 is 1.89 bits per heavy atom. The number of furan rings is 1. The molecule has 19 heavy (non-hydrogen) atoms. The molecule has 0 aliphatic rings. The number of carbonyl (C=O) groups is 2. The summed E-state index contributed by atoms with van der Waals surface area (Å²) < 4.78 is 10.3. The lowest BCUT2D eigenvalue weighted by Gasteiger charge is -2.20. The molecule has 1 N–H and O–H groups in total. The molecular formula is C13H19NO5. The van der Waals surface area contributed by atoms with Gasteiger partial charge >= 0.3 is 5.97 Å². The summed E-state index contributed by atoms with van der Waals surface area (Å²) in [7, 11) is 1.50. The number of carboxylic acid groups (broad SMARTS) is 1. The van der Waals surface area contributed by atoms with Crippen LogP contribution in [0.5, 0.6) is 0 Å². The van der Waals surface area contributed by atoms with Crippen molar-refractivity contribution in [2.24, 2.45) is 0 Å². The van der Waals surface area contributed by atoms with Gasteiger partial charge in [-0.1, -0.05) is 0 Å². The number of rotatable bonds is 6. The van der Waals surface area contributed by atoms with Crippen LogP contribution >= 0.6 is 0 Å². The molecule has 0 radical (unpaired) electrons. The molecular weight excluding hydrogens is 250 g/mol. The van der Waals surface area contributed by atoms with Crippen LogP contribution in [0.25, 0.3) is 0 Å². The van der Waals surface area contributed by atoms with Crippen molar-refractivity contribution in [1.82, 2.24) is 4.90 Å². The first kappa shape index (κ1) is 15.2. The third kappa shape index (κ3) is 3.57. The van der Waals surface area contributed by atoms with Crippen molar-refractivity contribution in [3.05, 3.63) is 22.6 Å². The monoisotopic (exact) mass is 269 g/mol. The topological polar surface area (TPSA) is 80.0 Å². The highest BCUT2D eigenvalue weighted by Gasteiger charge is 2.25. The maximum absolute atomic E-state index is 12.4. The SMILES string of the molecule is COCCN(CC(=O)O)C(=O)c1c(C)oc(C)c1C. The van der Waals surface area contributed by atoms with Crippen molar-refractivity contribution in [1.29, 1.82) is 0 Å². The van der Waals surface area contributed by atoms with Crippen LogP contribution in [0.2, 0.25) is 0 Å². The highest BCUT2D eigenvalue weighted by molar-refractivity contribution is 5.98. The fourth-order valence-electron chi connectivity index (χ4n) is 1.88. The zero-order valence-corrected chi connectivity index (χ0v) is 11.6. The molecule has 0 atom stereocenters. The van der Waals surface area contributed by atoms with E-state index >= 15 is 0 Å². The molecule has 0 aliphatic carbocycles. The lowest BCUT2D eigenvalue weighted by atomic mass is 10.1. The normalized spacial score (nSPS) is 10.5. The van der Waals surface area contributed by atoms with Crippen LogP contribution in [0.1, 0.15) is 27.4 Å². The van der Waals surface area contributed by atoms with Crippen molar-refractivity contribution in [2.45, 2.75) is 20.8 Å². The second kappa shape index (κ2) is 6.38. The Labute approximate surface area is 112 Å². The van der Waals surface area contributed by atoms with Crippen LogP contribution in [0.3, 0.4) is 0 Å². The maximum atomic E-state index is 12.4. The molecule has 1 aromatic rings. The first-order valence-electron chi connectivity index (χ1n) is 5.95. The molecule has 1 amide bonds. The summed E-state index contributed by atoms with van der Waals surface area (Å²) in [6.07, 6.45) is 0. The predicted molar refractivity (Wildman–Crippen MR) is 68.3 cm³/mol. The van der Waals surface area contributed by atoms with Gasteiger partial charge in [-0.25, -0.2) is 0 Å². The van der Waals surface area contributed by atoms with Gasteiger partial charge in [0.2, 0.25) is 0 Å². The van der Waals surface area contributed by atoms with Gasteiger partial charge in [0, 0.05) is 19.2 Å². The van der Waals surface area contributed by atoms with E-state index in [1.807, 2.05) is 0 Å². The zero-order valence-electron chi connectivity index (χ0n) is 11.6. The number of aliphatic carboxylic acids is 1. The summed E-state index contributed by atoms with van der Waals surface area (Å²) in [4.78, 5) is 24.5. The molecule has 0 fully saturated rings. The third-order valence-electron chi connectivity index (χ3n) is 2.95. The number of amides is 1. The van der Waals surface area contributed by atoms with Crippen molar-refractivity contribution in [2.75, 3.05) is 26.8 Å². The van der Waals surface area contributed by atoms with E-state index < -0.39 is 5.97 Å².